The molecule has 3 nitrogen and oxygen atoms in total. The monoisotopic (exact) mass is 640 g/mol. The maximum atomic E-state index is 10.7. The number of hydrogen-bond donors (Lipinski definition) is 0. The number of hydrogen-bond acceptors (Lipinski definition) is 3. The zero-order valence-corrected chi connectivity index (χ0v) is 26.0. The van der Waals surface area contributed by atoms with Crippen molar-refractivity contribution < 1.29 is 34.2 Å². The van der Waals surface area contributed by atoms with E-state index in [-0.39, 0.29) is 36.9 Å². The molecule has 4 rings (SSSR count). The second-order valence-electron chi connectivity index (χ2n) is 11.4. The summed E-state index contributed by atoms with van der Waals surface area (Å²) in [5.41, 5.74) is 5.43. The Hall–Kier alpha value is -2.48. The fourth-order valence-electron chi connectivity index (χ4n) is 3.76. The van der Waals surface area contributed by atoms with E-state index < -0.39 is 10.1 Å². The average molecular weight is 641 g/mol. The van der Waals surface area contributed by atoms with Crippen molar-refractivity contribution in [1.82, 2.24) is 0 Å². The molecule has 0 atom stereocenters. The van der Waals surface area contributed by atoms with Gasteiger partial charge in [0.25, 0.3) is 0 Å². The van der Waals surface area contributed by atoms with E-state index >= 15 is 0 Å². The second-order valence-corrected chi connectivity index (χ2v) is 15.8. The van der Waals surface area contributed by atoms with Crippen molar-refractivity contribution in [2.24, 2.45) is 0 Å². The molecule has 0 saturated carbocycles. The van der Waals surface area contributed by atoms with Crippen LogP contribution in [0.4, 0.5) is 0 Å². The van der Waals surface area contributed by atoms with Crippen molar-refractivity contribution in [2.45, 2.75) is 63.7 Å². The molecular formula is C33H37IO3S. The molecule has 0 saturated heterocycles. The van der Waals surface area contributed by atoms with E-state index in [0.717, 1.165) is 17.5 Å². The van der Waals surface area contributed by atoms with Crippen molar-refractivity contribution >= 4 is 10.1 Å². The van der Waals surface area contributed by atoms with Crippen LogP contribution < -0.4 is 21.2 Å². The lowest BCUT2D eigenvalue weighted by Crippen LogP contribution is -3.61. The van der Waals surface area contributed by atoms with Gasteiger partial charge in [-0.25, -0.2) is 8.42 Å². The van der Waals surface area contributed by atoms with Crippen LogP contribution in [0.1, 0.15) is 63.8 Å². The Bertz CT molecular complexity index is 1340. The van der Waals surface area contributed by atoms with Gasteiger partial charge in [-0.2, -0.15) is 0 Å². The van der Waals surface area contributed by atoms with Gasteiger partial charge in [0, 0.05) is 0 Å². The van der Waals surface area contributed by atoms with Crippen molar-refractivity contribution in [3.63, 3.8) is 0 Å². The summed E-state index contributed by atoms with van der Waals surface area (Å²) < 4.78 is 35.2. The van der Waals surface area contributed by atoms with Gasteiger partial charge in [0.1, 0.15) is 10.1 Å². The highest BCUT2D eigenvalue weighted by molar-refractivity contribution is 7.85. The van der Waals surface area contributed by atoms with Crippen LogP contribution in [0, 0.1) is 7.14 Å². The summed E-state index contributed by atoms with van der Waals surface area (Å²) >= 11 is -0.0703. The summed E-state index contributed by atoms with van der Waals surface area (Å²) in [5, 5.41) is 0. The van der Waals surface area contributed by atoms with Crippen LogP contribution >= 0.6 is 0 Å². The minimum Gasteiger partial charge on any atom is -0.744 e. The third kappa shape index (κ3) is 9.37. The van der Waals surface area contributed by atoms with Crippen LogP contribution in [0.5, 0.6) is 0 Å². The number of halogens is 1. The molecule has 0 N–H and O–H groups in total. The maximum absolute atomic E-state index is 10.7. The summed E-state index contributed by atoms with van der Waals surface area (Å²) in [6.45, 7) is 13.6. The van der Waals surface area contributed by atoms with Gasteiger partial charge in [0.05, 0.1) is 4.90 Å². The quantitative estimate of drug-likeness (QED) is 0.237. The SMILES string of the molecule is CC(C)(C)c1ccc([I+]c2ccc(C(C)(C)C)cc2)cc1.O=S(=O)([O-])c1ccc(Cc2ccccc2)cc1. The van der Waals surface area contributed by atoms with Crippen molar-refractivity contribution in [3.8, 4) is 0 Å². The largest absolute Gasteiger partial charge is 0.744 e. The molecule has 0 aliphatic carbocycles. The van der Waals surface area contributed by atoms with Gasteiger partial charge in [-0.1, -0.05) is 108 Å². The zero-order valence-electron chi connectivity index (χ0n) is 23.0. The first-order chi connectivity index (χ1) is 17.7. The molecule has 0 fully saturated rings. The van der Waals surface area contributed by atoms with E-state index in [1.54, 1.807) is 12.1 Å². The van der Waals surface area contributed by atoms with Crippen molar-refractivity contribution in [3.05, 3.63) is 133 Å². The second kappa shape index (κ2) is 12.6. The minimum atomic E-state index is -4.34. The predicted molar refractivity (Wildman–Crippen MR) is 151 cm³/mol. The van der Waals surface area contributed by atoms with E-state index in [0.29, 0.717) is 0 Å². The molecule has 200 valence electrons. The molecule has 0 unspecified atom stereocenters. The Balaban J connectivity index is 0.000000215. The first-order valence-electron chi connectivity index (χ1n) is 12.7. The molecular weight excluding hydrogens is 603 g/mol. The first-order valence-corrected chi connectivity index (χ1v) is 16.2. The lowest BCUT2D eigenvalue weighted by Gasteiger charge is -2.18. The molecule has 0 bridgehead atoms. The molecule has 0 aliphatic rings. The van der Waals surface area contributed by atoms with E-state index in [1.165, 1.54) is 30.4 Å². The minimum absolute atomic E-state index is 0.0703. The van der Waals surface area contributed by atoms with Gasteiger partial charge in [-0.05, 0) is 75.9 Å². The Morgan fingerprint density at radius 1 is 0.579 bits per heavy atom. The Kier molecular flexibility index (Phi) is 9.96. The highest BCUT2D eigenvalue weighted by atomic mass is 127. The van der Waals surface area contributed by atoms with E-state index in [9.17, 15) is 13.0 Å². The smallest absolute Gasteiger partial charge is 0.357 e. The molecule has 4 aromatic carbocycles. The number of benzene rings is 4. The van der Waals surface area contributed by atoms with E-state index in [1.807, 2.05) is 30.3 Å². The third-order valence-corrected chi connectivity index (χ3v) is 9.64. The standard InChI is InChI=1S/C20H26I.C13H12O3S/c1-19(2,3)15-7-11-17(12-8-15)21-18-13-9-16(10-14-18)20(4,5)6;14-17(15,16)13-8-6-12(7-9-13)10-11-4-2-1-3-5-11/h7-14H,1-6H3;1-9H,10H2,(H,14,15,16)/q+1;/p-1. The normalized spacial score (nSPS) is 12.0. The zero-order chi connectivity index (χ0) is 28.0. The van der Waals surface area contributed by atoms with Crippen molar-refractivity contribution in [1.29, 1.82) is 0 Å². The van der Waals surface area contributed by atoms with Crippen LogP contribution in [0.25, 0.3) is 0 Å². The average Bonchev–Trinajstić information content (AvgIpc) is 2.84. The van der Waals surface area contributed by atoms with Gasteiger partial charge < -0.3 is 4.55 Å². The van der Waals surface area contributed by atoms with E-state index in [4.69, 9.17) is 0 Å². The molecule has 0 aromatic heterocycles. The summed E-state index contributed by atoms with van der Waals surface area (Å²) in [7, 11) is -4.34. The Morgan fingerprint density at radius 3 is 1.34 bits per heavy atom. The molecule has 5 heteroatoms. The van der Waals surface area contributed by atoms with Gasteiger partial charge in [-0.3, -0.25) is 0 Å². The van der Waals surface area contributed by atoms with Gasteiger partial charge >= 0.3 is 21.2 Å². The fraction of sp³-hybridized carbons (Fsp3) is 0.273. The highest BCUT2D eigenvalue weighted by Gasteiger charge is 2.20. The van der Waals surface area contributed by atoms with Crippen molar-refractivity contribution in [2.75, 3.05) is 0 Å². The first kappa shape index (κ1) is 30.1. The Labute approximate surface area is 239 Å². The van der Waals surface area contributed by atoms with Crippen LogP contribution in [0.2, 0.25) is 0 Å². The predicted octanol–water partition coefficient (Wildman–Crippen LogP) is 4.59. The molecule has 0 amide bonds. The lowest BCUT2D eigenvalue weighted by molar-refractivity contribution is -0.597. The molecule has 0 radical (unpaired) electrons. The third-order valence-electron chi connectivity index (χ3n) is 6.10. The topological polar surface area (TPSA) is 57.2 Å². The summed E-state index contributed by atoms with van der Waals surface area (Å²) in [4.78, 5) is -0.186. The van der Waals surface area contributed by atoms with E-state index in [2.05, 4.69) is 90.1 Å². The van der Waals surface area contributed by atoms with Crippen LogP contribution in [0.15, 0.2) is 108 Å². The van der Waals surface area contributed by atoms with Crippen LogP contribution in [-0.4, -0.2) is 13.0 Å². The molecule has 4 aromatic rings. The maximum Gasteiger partial charge on any atom is 0.357 e. The highest BCUT2D eigenvalue weighted by Crippen LogP contribution is 2.22. The lowest BCUT2D eigenvalue weighted by atomic mass is 9.87. The van der Waals surface area contributed by atoms with Crippen LogP contribution in [-0.2, 0) is 27.4 Å². The summed E-state index contributed by atoms with van der Waals surface area (Å²) in [6, 6.07) is 34.3. The molecule has 0 spiro atoms. The fourth-order valence-corrected chi connectivity index (χ4v) is 6.38. The van der Waals surface area contributed by atoms with Gasteiger partial charge in [-0.15, -0.1) is 0 Å². The molecule has 38 heavy (non-hydrogen) atoms. The molecule has 0 heterocycles. The molecule has 0 aliphatic heterocycles. The van der Waals surface area contributed by atoms with Gasteiger partial charge in [0.2, 0.25) is 0 Å². The summed E-state index contributed by atoms with van der Waals surface area (Å²) in [6.07, 6.45) is 0.722. The summed E-state index contributed by atoms with van der Waals surface area (Å²) in [5.74, 6) is 0. The van der Waals surface area contributed by atoms with Crippen LogP contribution in [0.3, 0.4) is 0 Å². The Morgan fingerprint density at radius 2 is 0.974 bits per heavy atom. The number of rotatable bonds is 5. The van der Waals surface area contributed by atoms with Gasteiger partial charge in [0.15, 0.2) is 7.14 Å².